The Labute approximate surface area is 165 Å². The maximum atomic E-state index is 5.74. The van der Waals surface area contributed by atoms with Crippen LogP contribution in [-0.2, 0) is 31.7 Å². The van der Waals surface area contributed by atoms with Crippen LogP contribution in [0.15, 0.2) is 54.6 Å². The first-order chi connectivity index (χ1) is 10.9. The van der Waals surface area contributed by atoms with Crippen molar-refractivity contribution >= 4 is 34.9 Å². The van der Waals surface area contributed by atoms with Crippen molar-refractivity contribution in [2.24, 2.45) is 0 Å². The van der Waals surface area contributed by atoms with Crippen LogP contribution in [-0.4, -0.2) is 24.4 Å². The molecule has 129 valence electrons. The van der Waals surface area contributed by atoms with Crippen LogP contribution in [0.4, 0.5) is 0 Å². The van der Waals surface area contributed by atoms with E-state index >= 15 is 0 Å². The molecule has 0 aromatic heterocycles. The van der Waals surface area contributed by atoms with E-state index in [0.29, 0.717) is 0 Å². The van der Waals surface area contributed by atoms with Crippen molar-refractivity contribution in [1.29, 1.82) is 0 Å². The molecule has 6 heteroatoms. The summed E-state index contributed by atoms with van der Waals surface area (Å²) >= 11 is -0.826. The summed E-state index contributed by atoms with van der Waals surface area (Å²) in [7, 11) is 9.33. The van der Waals surface area contributed by atoms with Crippen molar-refractivity contribution in [3.63, 3.8) is 0 Å². The van der Waals surface area contributed by atoms with Crippen molar-refractivity contribution in [3.05, 3.63) is 60.2 Å². The van der Waals surface area contributed by atoms with Crippen molar-refractivity contribution in [2.45, 2.75) is 39.2 Å². The topological polar surface area (TPSA) is 9.23 Å². The van der Waals surface area contributed by atoms with Gasteiger partial charge in [0.05, 0.1) is 0 Å². The molecule has 0 N–H and O–H groups in total. The third-order valence-corrected chi connectivity index (χ3v) is 3.28. The molecule has 2 rings (SSSR count). The van der Waals surface area contributed by atoms with E-state index in [1.54, 1.807) is 0 Å². The molecule has 0 heterocycles. The second kappa shape index (κ2) is 18.9. The molecule has 0 spiro atoms. The Kier molecular flexibility index (Phi) is 21.2. The maximum Gasteiger partial charge on any atom is -0.172 e. The minimum absolute atomic E-state index is 0.750. The first-order valence-corrected chi connectivity index (χ1v) is 19.7. The van der Waals surface area contributed by atoms with E-state index in [1.165, 1.54) is 5.56 Å². The van der Waals surface area contributed by atoms with Gasteiger partial charge in [0.15, 0.2) is 8.32 Å². The zero-order valence-electron chi connectivity index (χ0n) is 14.9. The largest absolute Gasteiger partial charge is 0.214 e. The third kappa shape index (κ3) is 24.9. The predicted molar refractivity (Wildman–Crippen MR) is 108 cm³/mol. The Morgan fingerprint density at radius 3 is 1.91 bits per heavy atom. The second-order valence-corrected chi connectivity index (χ2v) is 15.0. The monoisotopic (exact) mass is 465 g/mol. The van der Waals surface area contributed by atoms with E-state index in [2.05, 4.69) is 57.0 Å². The minimum Gasteiger partial charge on any atom is -0.214 e. The summed E-state index contributed by atoms with van der Waals surface area (Å²) in [5, 5.41) is 0. The van der Waals surface area contributed by atoms with Crippen molar-refractivity contribution in [3.8, 4) is 0 Å². The smallest absolute Gasteiger partial charge is 0.172 e. The molecular weight excluding hydrogens is 438 g/mol. The quantitative estimate of drug-likeness (QED) is 0.390. The SMILES string of the molecule is C[SiH]C.C[Si](C)(C)OCCc1cc[cH-]c1.[Cl][Zr+2][Cl].c1cc[cH-]c1. The van der Waals surface area contributed by atoms with E-state index in [1.807, 2.05) is 30.3 Å². The molecule has 1 nitrogen and oxygen atoms in total. The van der Waals surface area contributed by atoms with Gasteiger partial charge in [0, 0.05) is 16.1 Å². The summed E-state index contributed by atoms with van der Waals surface area (Å²) in [5.41, 5.74) is 1.38. The van der Waals surface area contributed by atoms with Crippen LogP contribution in [0.1, 0.15) is 5.56 Å². The van der Waals surface area contributed by atoms with Crippen LogP contribution in [0, 0.1) is 0 Å². The molecule has 0 aliphatic carbocycles. The van der Waals surface area contributed by atoms with Crippen LogP contribution in [0.3, 0.4) is 0 Å². The molecule has 2 aromatic rings. The normalized spacial score (nSPS) is 9.17. The Morgan fingerprint density at radius 2 is 1.61 bits per heavy atom. The fourth-order valence-corrected chi connectivity index (χ4v) is 2.09. The number of rotatable bonds is 4. The van der Waals surface area contributed by atoms with Gasteiger partial charge in [-0.3, -0.25) is 0 Å². The second-order valence-electron chi connectivity index (χ2n) is 5.62. The van der Waals surface area contributed by atoms with Gasteiger partial charge in [0.2, 0.25) is 0 Å². The molecule has 0 saturated heterocycles. The van der Waals surface area contributed by atoms with Crippen molar-refractivity contribution in [1.82, 2.24) is 0 Å². The molecular formula is C17H29Cl2OSi2Zr. The minimum atomic E-state index is -1.29. The van der Waals surface area contributed by atoms with Crippen LogP contribution in [0.25, 0.3) is 0 Å². The van der Waals surface area contributed by atoms with Gasteiger partial charge >= 0.3 is 37.9 Å². The fourth-order valence-electron chi connectivity index (χ4n) is 1.38. The number of halogens is 2. The standard InChI is InChI=1S/C10H17OSi.C5H5.C2H7Si.2ClH.Zr/c1-12(2,3)11-9-8-10-6-4-5-7-10;1-2-4-5-3-1;1-3-2;;;/h4-7H,8-9H2,1-3H3;1-5H;3H,1-2H3;2*1H;/q2*-1;;;;+4/p-2. The van der Waals surface area contributed by atoms with Crippen LogP contribution in [0.2, 0.25) is 32.7 Å². The van der Waals surface area contributed by atoms with Gasteiger partial charge in [-0.25, -0.2) is 18.2 Å². The molecule has 0 unspecified atom stereocenters. The van der Waals surface area contributed by atoms with Crippen molar-refractivity contribution < 1.29 is 25.3 Å². The van der Waals surface area contributed by atoms with Gasteiger partial charge in [-0.15, -0.1) is 0 Å². The molecule has 2 aromatic carbocycles. The number of hydrogen-bond acceptors (Lipinski definition) is 1. The summed E-state index contributed by atoms with van der Waals surface area (Å²) in [6.45, 7) is 12.0. The summed E-state index contributed by atoms with van der Waals surface area (Å²) < 4.78 is 5.74. The molecule has 1 radical (unpaired) electrons. The molecule has 0 amide bonds. The molecule has 0 saturated carbocycles. The van der Waals surface area contributed by atoms with Crippen LogP contribution in [0.5, 0.6) is 0 Å². The Balaban J connectivity index is 0. The molecule has 23 heavy (non-hydrogen) atoms. The average Bonchev–Trinajstić information content (AvgIpc) is 3.15. The van der Waals surface area contributed by atoms with E-state index in [0.717, 1.165) is 22.5 Å². The molecule has 0 aliphatic heterocycles. The van der Waals surface area contributed by atoms with Gasteiger partial charge in [0.1, 0.15) is 0 Å². The fraction of sp³-hybridized carbons (Fsp3) is 0.412. The van der Waals surface area contributed by atoms with Crippen molar-refractivity contribution in [2.75, 3.05) is 6.61 Å². The molecule has 0 aliphatic rings. The summed E-state index contributed by atoms with van der Waals surface area (Å²) in [4.78, 5) is 0. The van der Waals surface area contributed by atoms with Crippen LogP contribution >= 0.6 is 17.0 Å². The van der Waals surface area contributed by atoms with Gasteiger partial charge in [-0.1, -0.05) is 19.5 Å². The molecule has 0 fully saturated rings. The molecule has 0 bridgehead atoms. The first-order valence-electron chi connectivity index (χ1n) is 7.62. The maximum absolute atomic E-state index is 5.74. The van der Waals surface area contributed by atoms with E-state index in [9.17, 15) is 0 Å². The Morgan fingerprint density at radius 1 is 1.09 bits per heavy atom. The summed E-state index contributed by atoms with van der Waals surface area (Å²) in [6.07, 6.45) is 1.05. The van der Waals surface area contributed by atoms with E-state index in [4.69, 9.17) is 21.5 Å². The van der Waals surface area contributed by atoms with Crippen LogP contribution < -0.4 is 0 Å². The Hall–Kier alpha value is 0.557. The Bertz CT molecular complexity index is 381. The predicted octanol–water partition coefficient (Wildman–Crippen LogP) is 6.10. The summed E-state index contributed by atoms with van der Waals surface area (Å²) in [5.74, 6) is 0. The van der Waals surface area contributed by atoms with Gasteiger partial charge < -0.3 is 4.43 Å². The third-order valence-electron chi connectivity index (χ3n) is 2.21. The van der Waals surface area contributed by atoms with E-state index in [-0.39, 0.29) is 0 Å². The number of hydrogen-bond donors (Lipinski definition) is 0. The van der Waals surface area contributed by atoms with Gasteiger partial charge in [-0.2, -0.15) is 42.0 Å². The molecule has 0 atom stereocenters. The van der Waals surface area contributed by atoms with Gasteiger partial charge in [0.25, 0.3) is 0 Å². The summed E-state index contributed by atoms with van der Waals surface area (Å²) in [6, 6.07) is 18.4. The average molecular weight is 468 g/mol. The first kappa shape index (κ1) is 25.8. The zero-order chi connectivity index (χ0) is 18.0. The zero-order valence-corrected chi connectivity index (χ0v) is 21.0. The van der Waals surface area contributed by atoms with E-state index < -0.39 is 29.2 Å². The van der Waals surface area contributed by atoms with Gasteiger partial charge in [-0.05, 0) is 19.6 Å².